The highest BCUT2D eigenvalue weighted by atomic mass is 32.2. The van der Waals surface area contributed by atoms with Crippen LogP contribution in [0.5, 0.6) is 0 Å². The van der Waals surface area contributed by atoms with Crippen LogP contribution in [0.4, 0.5) is 5.69 Å². The second-order valence-electron chi connectivity index (χ2n) is 6.07. The SMILES string of the molecule is CC1CCN(C(=O)c2ccc3c(c2)NC(=O)CS3)C(CN)C1. The first kappa shape index (κ1) is 15.4. The maximum atomic E-state index is 12.8. The molecule has 0 saturated carbocycles. The minimum atomic E-state index is -0.0197. The largest absolute Gasteiger partial charge is 0.334 e. The standard InChI is InChI=1S/C16H21N3O2S/c1-10-4-5-19(12(6-10)8-17)16(21)11-2-3-14-13(7-11)18-15(20)9-22-14/h2-3,7,10,12H,4-6,8-9,17H2,1H3,(H,18,20). The number of nitrogens with one attached hydrogen (secondary N) is 1. The maximum absolute atomic E-state index is 12.8. The van der Waals surface area contributed by atoms with Gasteiger partial charge in [-0.2, -0.15) is 0 Å². The van der Waals surface area contributed by atoms with Crippen molar-refractivity contribution in [1.82, 2.24) is 4.90 Å². The van der Waals surface area contributed by atoms with Gasteiger partial charge in [-0.25, -0.2) is 0 Å². The van der Waals surface area contributed by atoms with Crippen molar-refractivity contribution >= 4 is 29.3 Å². The number of piperidine rings is 1. The van der Waals surface area contributed by atoms with Crippen LogP contribution in [0, 0.1) is 5.92 Å². The molecule has 2 amide bonds. The zero-order valence-corrected chi connectivity index (χ0v) is 13.5. The van der Waals surface area contributed by atoms with Crippen LogP contribution >= 0.6 is 11.8 Å². The van der Waals surface area contributed by atoms with Crippen LogP contribution in [-0.2, 0) is 4.79 Å². The zero-order valence-electron chi connectivity index (χ0n) is 12.7. The Kier molecular flexibility index (Phi) is 4.40. The van der Waals surface area contributed by atoms with Gasteiger partial charge in [-0.1, -0.05) is 6.92 Å². The number of carbonyl (C=O) groups excluding carboxylic acids is 2. The van der Waals surface area contributed by atoms with Crippen molar-refractivity contribution in [3.05, 3.63) is 23.8 Å². The predicted molar refractivity (Wildman–Crippen MR) is 88.1 cm³/mol. The van der Waals surface area contributed by atoms with Crippen molar-refractivity contribution in [2.75, 3.05) is 24.2 Å². The van der Waals surface area contributed by atoms with E-state index in [-0.39, 0.29) is 17.9 Å². The van der Waals surface area contributed by atoms with Crippen LogP contribution in [0.2, 0.25) is 0 Å². The van der Waals surface area contributed by atoms with E-state index < -0.39 is 0 Å². The number of likely N-dealkylation sites (tertiary alicyclic amines) is 1. The van der Waals surface area contributed by atoms with E-state index in [2.05, 4.69) is 12.2 Å². The Hall–Kier alpha value is -1.53. The van der Waals surface area contributed by atoms with E-state index in [0.29, 0.717) is 23.8 Å². The van der Waals surface area contributed by atoms with Gasteiger partial charge < -0.3 is 16.0 Å². The number of thioether (sulfide) groups is 1. The van der Waals surface area contributed by atoms with Crippen LogP contribution in [0.15, 0.2) is 23.1 Å². The molecule has 0 aromatic heterocycles. The highest BCUT2D eigenvalue weighted by Crippen LogP contribution is 2.33. The molecule has 0 radical (unpaired) electrons. The third kappa shape index (κ3) is 2.98. The second-order valence-corrected chi connectivity index (χ2v) is 7.08. The molecule has 3 N–H and O–H groups in total. The number of hydrogen-bond acceptors (Lipinski definition) is 4. The van der Waals surface area contributed by atoms with Gasteiger partial charge in [0, 0.05) is 29.6 Å². The number of nitrogens with zero attached hydrogens (tertiary/aromatic N) is 1. The molecular weight excluding hydrogens is 298 g/mol. The summed E-state index contributed by atoms with van der Waals surface area (Å²) in [6.07, 6.45) is 1.97. The van der Waals surface area contributed by atoms with Crippen molar-refractivity contribution in [1.29, 1.82) is 0 Å². The van der Waals surface area contributed by atoms with E-state index in [9.17, 15) is 9.59 Å². The van der Waals surface area contributed by atoms with E-state index in [0.717, 1.165) is 30.0 Å². The molecule has 2 atom stereocenters. The summed E-state index contributed by atoms with van der Waals surface area (Å²) in [5, 5.41) is 2.84. The monoisotopic (exact) mass is 319 g/mol. The first-order valence-electron chi connectivity index (χ1n) is 7.66. The zero-order chi connectivity index (χ0) is 15.7. The number of nitrogens with two attached hydrogens (primary N) is 1. The second kappa shape index (κ2) is 6.30. The van der Waals surface area contributed by atoms with Crippen molar-refractivity contribution in [2.45, 2.75) is 30.7 Å². The van der Waals surface area contributed by atoms with Gasteiger partial charge in [0.25, 0.3) is 5.91 Å². The molecule has 0 aliphatic carbocycles. The molecule has 22 heavy (non-hydrogen) atoms. The molecule has 1 aromatic rings. The number of amides is 2. The molecule has 3 rings (SSSR count). The molecular formula is C16H21N3O2S. The molecule has 2 heterocycles. The summed E-state index contributed by atoms with van der Waals surface area (Å²) in [7, 11) is 0. The molecule has 2 unspecified atom stereocenters. The van der Waals surface area contributed by atoms with Gasteiger partial charge in [0.2, 0.25) is 5.91 Å². The average Bonchev–Trinajstić information content (AvgIpc) is 2.53. The quantitative estimate of drug-likeness (QED) is 0.873. The Balaban J connectivity index is 1.83. The molecule has 5 nitrogen and oxygen atoms in total. The van der Waals surface area contributed by atoms with E-state index >= 15 is 0 Å². The molecule has 1 fully saturated rings. The first-order valence-corrected chi connectivity index (χ1v) is 8.64. The fraction of sp³-hybridized carbons (Fsp3) is 0.500. The lowest BCUT2D eigenvalue weighted by molar-refractivity contribution is -0.113. The topological polar surface area (TPSA) is 75.4 Å². The number of rotatable bonds is 2. The van der Waals surface area contributed by atoms with E-state index in [1.54, 1.807) is 6.07 Å². The van der Waals surface area contributed by atoms with Gasteiger partial charge in [-0.3, -0.25) is 9.59 Å². The van der Waals surface area contributed by atoms with Crippen LogP contribution in [0.1, 0.15) is 30.1 Å². The minimum absolute atomic E-state index is 0.00923. The maximum Gasteiger partial charge on any atom is 0.254 e. The molecule has 0 bridgehead atoms. The normalized spacial score (nSPS) is 24.6. The van der Waals surface area contributed by atoms with E-state index in [4.69, 9.17) is 5.73 Å². The van der Waals surface area contributed by atoms with Crippen LogP contribution < -0.4 is 11.1 Å². The summed E-state index contributed by atoms with van der Waals surface area (Å²) in [4.78, 5) is 27.2. The number of carbonyl (C=O) groups is 2. The predicted octanol–water partition coefficient (Wildman–Crippen LogP) is 1.93. The molecule has 2 aliphatic rings. The highest BCUT2D eigenvalue weighted by molar-refractivity contribution is 8.00. The Morgan fingerprint density at radius 2 is 2.32 bits per heavy atom. The van der Waals surface area contributed by atoms with Gasteiger partial charge in [-0.05, 0) is 37.0 Å². The van der Waals surface area contributed by atoms with Crippen molar-refractivity contribution in [2.24, 2.45) is 11.7 Å². The Morgan fingerprint density at radius 3 is 3.09 bits per heavy atom. The van der Waals surface area contributed by atoms with Gasteiger partial charge in [0.15, 0.2) is 0 Å². The van der Waals surface area contributed by atoms with Gasteiger partial charge in [0.1, 0.15) is 0 Å². The number of anilines is 1. The minimum Gasteiger partial charge on any atom is -0.334 e. The lowest BCUT2D eigenvalue weighted by Gasteiger charge is -2.38. The third-order valence-electron chi connectivity index (χ3n) is 4.37. The number of hydrogen-bond donors (Lipinski definition) is 2. The van der Waals surface area contributed by atoms with E-state index in [1.165, 1.54) is 11.8 Å². The molecule has 1 saturated heterocycles. The van der Waals surface area contributed by atoms with Crippen molar-refractivity contribution < 1.29 is 9.59 Å². The van der Waals surface area contributed by atoms with E-state index in [1.807, 2.05) is 17.0 Å². The molecule has 2 aliphatic heterocycles. The molecule has 0 spiro atoms. The Bertz CT molecular complexity index is 605. The summed E-state index contributed by atoms with van der Waals surface area (Å²) in [5.74, 6) is 1.03. The van der Waals surface area contributed by atoms with Crippen LogP contribution in [0.3, 0.4) is 0 Å². The summed E-state index contributed by atoms with van der Waals surface area (Å²) < 4.78 is 0. The summed E-state index contributed by atoms with van der Waals surface area (Å²) in [5.41, 5.74) is 7.20. The summed E-state index contributed by atoms with van der Waals surface area (Å²) in [6.45, 7) is 3.45. The molecule has 118 valence electrons. The first-order chi connectivity index (χ1) is 10.6. The Morgan fingerprint density at radius 1 is 1.50 bits per heavy atom. The Labute approximate surface area is 134 Å². The van der Waals surface area contributed by atoms with Gasteiger partial charge in [-0.15, -0.1) is 11.8 Å². The lowest BCUT2D eigenvalue weighted by Crippen LogP contribution is -2.49. The number of benzene rings is 1. The smallest absolute Gasteiger partial charge is 0.254 e. The van der Waals surface area contributed by atoms with Crippen molar-refractivity contribution in [3.8, 4) is 0 Å². The fourth-order valence-electron chi connectivity index (χ4n) is 3.12. The number of fused-ring (bicyclic) bond motifs is 1. The summed E-state index contributed by atoms with van der Waals surface area (Å²) >= 11 is 1.50. The summed E-state index contributed by atoms with van der Waals surface area (Å²) in [6, 6.07) is 5.65. The molecule has 6 heteroatoms. The van der Waals surface area contributed by atoms with Crippen LogP contribution in [0.25, 0.3) is 0 Å². The highest BCUT2D eigenvalue weighted by Gasteiger charge is 2.30. The fourth-order valence-corrected chi connectivity index (χ4v) is 3.91. The van der Waals surface area contributed by atoms with Crippen LogP contribution in [-0.4, -0.2) is 41.6 Å². The average molecular weight is 319 g/mol. The third-order valence-corrected chi connectivity index (χ3v) is 5.44. The van der Waals surface area contributed by atoms with Gasteiger partial charge in [0.05, 0.1) is 11.4 Å². The van der Waals surface area contributed by atoms with Gasteiger partial charge >= 0.3 is 0 Å². The molecule has 1 aromatic carbocycles. The van der Waals surface area contributed by atoms with Crippen molar-refractivity contribution in [3.63, 3.8) is 0 Å². The lowest BCUT2D eigenvalue weighted by atomic mass is 9.92.